The number of ether oxygens (including phenoxy) is 1. The zero-order chi connectivity index (χ0) is 18.1. The van der Waals surface area contributed by atoms with Crippen LogP contribution in [-0.4, -0.2) is 13.1 Å². The normalized spacial score (nSPS) is 10.7. The number of carbonyl (C=O) groups is 1. The van der Waals surface area contributed by atoms with Crippen molar-refractivity contribution in [2.75, 3.05) is 12.4 Å². The molecule has 25 heavy (non-hydrogen) atoms. The molecule has 0 bridgehead atoms. The third-order valence-corrected chi connectivity index (χ3v) is 4.28. The largest absolute Gasteiger partial charge is 0.465 e. The summed E-state index contributed by atoms with van der Waals surface area (Å²) in [6.07, 6.45) is 0. The molecule has 0 unspecified atom stereocenters. The second-order valence-electron chi connectivity index (χ2n) is 5.90. The van der Waals surface area contributed by atoms with Crippen LogP contribution in [0, 0.1) is 13.8 Å². The second-order valence-corrected chi connectivity index (χ2v) is 5.90. The van der Waals surface area contributed by atoms with Gasteiger partial charge in [0.25, 0.3) is 5.43 Å². The highest BCUT2D eigenvalue weighted by Gasteiger charge is 2.22. The summed E-state index contributed by atoms with van der Waals surface area (Å²) in [7, 11) is 1.31. The van der Waals surface area contributed by atoms with E-state index in [1.165, 1.54) is 7.11 Å². The average molecular weight is 335 g/mol. The van der Waals surface area contributed by atoms with Crippen molar-refractivity contribution in [2.24, 2.45) is 0 Å². The molecule has 0 aliphatic heterocycles. The lowest BCUT2D eigenvalue weighted by molar-refractivity contribution is 0.0601. The maximum atomic E-state index is 12.0. The monoisotopic (exact) mass is 335 g/mol. The van der Waals surface area contributed by atoms with E-state index in [4.69, 9.17) is 0 Å². The average Bonchev–Trinajstić information content (AvgIpc) is 2.63. The number of hydrogen-bond donors (Lipinski definition) is 1. The van der Waals surface area contributed by atoms with Crippen molar-refractivity contribution in [2.45, 2.75) is 13.8 Å². The van der Waals surface area contributed by atoms with Crippen LogP contribution in [0.3, 0.4) is 0 Å². The van der Waals surface area contributed by atoms with Gasteiger partial charge in [-0.1, -0.05) is 18.2 Å². The molecule has 5 nitrogen and oxygen atoms in total. The fraction of sp³-hybridized carbons (Fsp3) is 0.150. The predicted molar refractivity (Wildman–Crippen MR) is 97.3 cm³/mol. The minimum Gasteiger partial charge on any atom is -0.465 e. The van der Waals surface area contributed by atoms with Gasteiger partial charge in [-0.15, -0.1) is 0 Å². The third-order valence-electron chi connectivity index (χ3n) is 4.28. The van der Waals surface area contributed by atoms with E-state index < -0.39 is 16.8 Å². The summed E-state index contributed by atoms with van der Waals surface area (Å²) < 4.78 is 4.65. The smallest absolute Gasteiger partial charge is 0.337 e. The van der Waals surface area contributed by atoms with Gasteiger partial charge in [0.2, 0.25) is 5.43 Å². The molecule has 0 fully saturated rings. The number of anilines is 2. The molecular formula is C20H17NO4. The van der Waals surface area contributed by atoms with Gasteiger partial charge in [-0.3, -0.25) is 9.59 Å². The molecule has 5 heteroatoms. The van der Waals surface area contributed by atoms with Gasteiger partial charge < -0.3 is 10.1 Å². The van der Waals surface area contributed by atoms with Crippen molar-refractivity contribution < 1.29 is 9.53 Å². The standard InChI is InChI=1S/C20H17NO4/c1-11-4-5-14(10-12(11)2)16-17(19(23)18(16)22)21-15-8-6-13(7-9-15)20(24)25-3/h4-10,21H,1-3H3. The minimum absolute atomic E-state index is 0.277. The molecule has 1 N–H and O–H groups in total. The minimum atomic E-state index is -0.537. The van der Waals surface area contributed by atoms with E-state index in [0.29, 0.717) is 16.8 Å². The zero-order valence-electron chi connectivity index (χ0n) is 14.2. The number of methoxy groups -OCH3 is 1. The van der Waals surface area contributed by atoms with E-state index in [-0.39, 0.29) is 5.69 Å². The van der Waals surface area contributed by atoms with Crippen LogP contribution in [0.2, 0.25) is 0 Å². The quantitative estimate of drug-likeness (QED) is 0.586. The fourth-order valence-corrected chi connectivity index (χ4v) is 2.64. The molecule has 0 aromatic heterocycles. The fourth-order valence-electron chi connectivity index (χ4n) is 2.64. The highest BCUT2D eigenvalue weighted by Crippen LogP contribution is 2.28. The van der Waals surface area contributed by atoms with Crippen molar-refractivity contribution >= 4 is 17.3 Å². The highest BCUT2D eigenvalue weighted by atomic mass is 16.5. The summed E-state index contributed by atoms with van der Waals surface area (Å²) >= 11 is 0. The molecule has 3 rings (SSSR count). The van der Waals surface area contributed by atoms with Gasteiger partial charge in [0.15, 0.2) is 0 Å². The van der Waals surface area contributed by atoms with E-state index in [0.717, 1.165) is 16.7 Å². The van der Waals surface area contributed by atoms with E-state index in [1.54, 1.807) is 24.3 Å². The SMILES string of the molecule is COC(=O)c1ccc(Nc2c(-c3ccc(C)c(C)c3)c(=O)c2=O)cc1. The summed E-state index contributed by atoms with van der Waals surface area (Å²) in [5.74, 6) is -0.434. The first-order valence-electron chi connectivity index (χ1n) is 7.78. The van der Waals surface area contributed by atoms with Gasteiger partial charge in [-0.2, -0.15) is 0 Å². The number of benzene rings is 2. The summed E-state index contributed by atoms with van der Waals surface area (Å²) in [4.78, 5) is 35.5. The Morgan fingerprint density at radius 2 is 1.60 bits per heavy atom. The predicted octanol–water partition coefficient (Wildman–Crippen LogP) is 3.10. The number of aryl methyl sites for hydroxylation is 2. The highest BCUT2D eigenvalue weighted by molar-refractivity contribution is 5.90. The Morgan fingerprint density at radius 3 is 2.20 bits per heavy atom. The molecule has 0 heterocycles. The summed E-state index contributed by atoms with van der Waals surface area (Å²) in [6.45, 7) is 3.95. The molecule has 0 spiro atoms. The Balaban J connectivity index is 1.93. The molecule has 0 aliphatic carbocycles. The number of nitrogens with one attached hydrogen (secondary N) is 1. The molecule has 0 atom stereocenters. The zero-order valence-corrected chi connectivity index (χ0v) is 14.2. The lowest BCUT2D eigenvalue weighted by Crippen LogP contribution is -2.35. The molecule has 0 aliphatic rings. The van der Waals surface area contributed by atoms with Crippen LogP contribution in [0.4, 0.5) is 11.4 Å². The van der Waals surface area contributed by atoms with Crippen molar-refractivity contribution in [3.8, 4) is 11.1 Å². The molecule has 3 aromatic rings. The van der Waals surface area contributed by atoms with Crippen LogP contribution in [0.5, 0.6) is 0 Å². The van der Waals surface area contributed by atoms with Crippen LogP contribution in [0.1, 0.15) is 21.5 Å². The molecular weight excluding hydrogens is 318 g/mol. The van der Waals surface area contributed by atoms with E-state index >= 15 is 0 Å². The molecule has 0 saturated heterocycles. The van der Waals surface area contributed by atoms with E-state index in [9.17, 15) is 14.4 Å². The van der Waals surface area contributed by atoms with Crippen molar-refractivity contribution in [3.63, 3.8) is 0 Å². The topological polar surface area (TPSA) is 72.5 Å². The van der Waals surface area contributed by atoms with Crippen LogP contribution < -0.4 is 16.2 Å². The summed E-state index contributed by atoms with van der Waals surface area (Å²) in [5, 5.41) is 2.98. The number of esters is 1. The Kier molecular flexibility index (Phi) is 4.23. The van der Waals surface area contributed by atoms with Gasteiger partial charge in [0.1, 0.15) is 5.69 Å². The lowest BCUT2D eigenvalue weighted by atomic mass is 9.95. The van der Waals surface area contributed by atoms with Crippen molar-refractivity contribution in [1.29, 1.82) is 0 Å². The van der Waals surface area contributed by atoms with Gasteiger partial charge in [0, 0.05) is 5.69 Å². The van der Waals surface area contributed by atoms with Crippen LogP contribution >= 0.6 is 0 Å². The molecule has 3 aromatic carbocycles. The molecule has 126 valence electrons. The van der Waals surface area contributed by atoms with Gasteiger partial charge in [-0.25, -0.2) is 4.79 Å². The first kappa shape index (κ1) is 16.6. The van der Waals surface area contributed by atoms with E-state index in [2.05, 4.69) is 10.1 Å². The van der Waals surface area contributed by atoms with Crippen molar-refractivity contribution in [1.82, 2.24) is 0 Å². The number of carbonyl (C=O) groups excluding carboxylic acids is 1. The maximum Gasteiger partial charge on any atom is 0.337 e. The summed E-state index contributed by atoms with van der Waals surface area (Å²) in [6, 6.07) is 12.2. The second kappa shape index (κ2) is 6.36. The molecule has 0 saturated carbocycles. The molecule has 0 amide bonds. The van der Waals surface area contributed by atoms with Crippen molar-refractivity contribution in [3.05, 3.63) is 79.6 Å². The third kappa shape index (κ3) is 2.96. The Labute approximate surface area is 144 Å². The summed E-state index contributed by atoms with van der Waals surface area (Å²) in [5.41, 5.74) is 3.57. The Bertz CT molecular complexity index is 1030. The van der Waals surface area contributed by atoms with Gasteiger partial charge in [0.05, 0.1) is 18.2 Å². The van der Waals surface area contributed by atoms with Crippen LogP contribution in [0.15, 0.2) is 52.1 Å². The Morgan fingerprint density at radius 1 is 0.920 bits per heavy atom. The van der Waals surface area contributed by atoms with Crippen LogP contribution in [-0.2, 0) is 4.74 Å². The van der Waals surface area contributed by atoms with Crippen LogP contribution in [0.25, 0.3) is 11.1 Å². The lowest BCUT2D eigenvalue weighted by Gasteiger charge is -2.14. The first-order chi connectivity index (χ1) is 11.9. The maximum absolute atomic E-state index is 12.0. The molecule has 0 radical (unpaired) electrons. The van der Waals surface area contributed by atoms with Gasteiger partial charge >= 0.3 is 5.97 Å². The number of hydrogen-bond acceptors (Lipinski definition) is 5. The first-order valence-corrected chi connectivity index (χ1v) is 7.78. The van der Waals surface area contributed by atoms with Gasteiger partial charge in [-0.05, 0) is 54.8 Å². The van der Waals surface area contributed by atoms with E-state index in [1.807, 2.05) is 32.0 Å². The Hall–Kier alpha value is -3.21. The number of rotatable bonds is 4.